The van der Waals surface area contributed by atoms with Crippen LogP contribution < -0.4 is 15.4 Å². The first-order chi connectivity index (χ1) is 20.7. The van der Waals surface area contributed by atoms with E-state index in [1.54, 1.807) is 36.3 Å². The fourth-order valence-corrected chi connectivity index (χ4v) is 5.34. The molecule has 0 fully saturated rings. The van der Waals surface area contributed by atoms with Crippen LogP contribution in [0.5, 0.6) is 5.75 Å². The van der Waals surface area contributed by atoms with Crippen molar-refractivity contribution >= 4 is 11.8 Å². The van der Waals surface area contributed by atoms with E-state index in [1.807, 2.05) is 57.2 Å². The topological polar surface area (TPSA) is 100 Å². The average Bonchev–Trinajstić information content (AvgIpc) is 3.02. The zero-order valence-corrected chi connectivity index (χ0v) is 25.8. The normalized spacial score (nSPS) is 17.6. The number of rotatable bonds is 8. The molecule has 2 amide bonds. The van der Waals surface area contributed by atoms with Crippen LogP contribution in [0.15, 0.2) is 72.8 Å². The van der Waals surface area contributed by atoms with Gasteiger partial charge in [-0.15, -0.1) is 0 Å². The van der Waals surface area contributed by atoms with Gasteiger partial charge < -0.3 is 30.1 Å². The van der Waals surface area contributed by atoms with Gasteiger partial charge in [0, 0.05) is 36.3 Å². The molecule has 0 aromatic heterocycles. The van der Waals surface area contributed by atoms with Crippen LogP contribution in [0.1, 0.15) is 64.6 Å². The van der Waals surface area contributed by atoms with Gasteiger partial charge in [0.15, 0.2) is 0 Å². The second kappa shape index (κ2) is 15.1. The Morgan fingerprint density at radius 1 is 1.02 bits per heavy atom. The Morgan fingerprint density at radius 3 is 2.56 bits per heavy atom. The molecule has 43 heavy (non-hydrogen) atoms. The Morgan fingerprint density at radius 2 is 1.77 bits per heavy atom. The maximum atomic E-state index is 13.6. The predicted octanol–water partition coefficient (Wildman–Crippen LogP) is 4.35. The van der Waals surface area contributed by atoms with Crippen molar-refractivity contribution in [1.82, 2.24) is 15.5 Å². The first kappa shape index (κ1) is 32.2. The van der Waals surface area contributed by atoms with Gasteiger partial charge in [0.1, 0.15) is 5.75 Å². The van der Waals surface area contributed by atoms with Gasteiger partial charge in [0.25, 0.3) is 11.8 Å². The van der Waals surface area contributed by atoms with E-state index in [0.717, 1.165) is 35.3 Å². The molecule has 0 saturated heterocycles. The minimum Gasteiger partial charge on any atom is -0.497 e. The molecule has 1 heterocycles. The van der Waals surface area contributed by atoms with Gasteiger partial charge in [-0.3, -0.25) is 9.59 Å². The van der Waals surface area contributed by atoms with Crippen LogP contribution in [0.2, 0.25) is 0 Å². The fraction of sp³-hybridized carbons (Fsp3) is 0.429. The maximum Gasteiger partial charge on any atom is 0.253 e. The van der Waals surface area contributed by atoms with E-state index in [4.69, 9.17) is 9.47 Å². The van der Waals surface area contributed by atoms with Gasteiger partial charge in [-0.1, -0.05) is 49.4 Å². The Balaban J connectivity index is 1.59. The second-order valence-corrected chi connectivity index (χ2v) is 11.6. The Labute approximate surface area is 255 Å². The zero-order chi connectivity index (χ0) is 30.8. The van der Waals surface area contributed by atoms with Crippen LogP contribution in [0.4, 0.5) is 0 Å². The number of nitrogens with one attached hydrogen (secondary N) is 2. The number of carbonyl (C=O) groups is 2. The highest BCUT2D eigenvalue weighted by Crippen LogP contribution is 2.24. The molecule has 1 aliphatic heterocycles. The van der Waals surface area contributed by atoms with Crippen LogP contribution in [-0.2, 0) is 23.1 Å². The predicted molar refractivity (Wildman–Crippen MR) is 169 cm³/mol. The summed E-state index contributed by atoms with van der Waals surface area (Å²) in [5, 5.41) is 18.0. The van der Waals surface area contributed by atoms with Gasteiger partial charge in [0.2, 0.25) is 0 Å². The van der Waals surface area contributed by atoms with E-state index in [9.17, 15) is 14.7 Å². The SMILES string of the molecule is CCCN1CCOCCc2cccc(c2)C[C@@H]([C@H](O)CNC(C)(C)c2cccc(OC)c2)NC(=O)c2cccc(c2)C1=O. The second-order valence-electron chi connectivity index (χ2n) is 11.6. The van der Waals surface area contributed by atoms with Crippen LogP contribution in [-0.4, -0.2) is 73.9 Å². The molecular formula is C35H45N3O5. The summed E-state index contributed by atoms with van der Waals surface area (Å²) in [5.74, 6) is 0.297. The number of fused-ring (bicyclic) bond motifs is 4. The highest BCUT2D eigenvalue weighted by molar-refractivity contribution is 5.99. The molecule has 0 spiro atoms. The molecule has 0 aliphatic carbocycles. The molecule has 0 radical (unpaired) electrons. The first-order valence-corrected chi connectivity index (χ1v) is 15.1. The van der Waals surface area contributed by atoms with Gasteiger partial charge in [0.05, 0.1) is 32.5 Å². The molecule has 2 atom stereocenters. The minimum atomic E-state index is -0.896. The van der Waals surface area contributed by atoms with Crippen molar-refractivity contribution in [2.45, 2.75) is 57.7 Å². The van der Waals surface area contributed by atoms with E-state index in [0.29, 0.717) is 43.9 Å². The molecule has 8 heteroatoms. The Kier molecular flexibility index (Phi) is 11.3. The third kappa shape index (κ3) is 8.89. The van der Waals surface area contributed by atoms with Crippen LogP contribution >= 0.6 is 0 Å². The van der Waals surface area contributed by atoms with E-state index in [1.165, 1.54) is 0 Å². The lowest BCUT2D eigenvalue weighted by atomic mass is 9.93. The quantitative estimate of drug-likeness (QED) is 0.363. The third-order valence-electron chi connectivity index (χ3n) is 7.97. The highest BCUT2D eigenvalue weighted by atomic mass is 16.5. The summed E-state index contributed by atoms with van der Waals surface area (Å²) in [6.07, 6.45) is 1.09. The number of nitrogens with zero attached hydrogens (tertiary/aromatic N) is 1. The van der Waals surface area contributed by atoms with Crippen molar-refractivity contribution < 1.29 is 24.2 Å². The average molecular weight is 588 g/mol. The van der Waals surface area contributed by atoms with Gasteiger partial charge in [-0.05, 0) is 80.1 Å². The van der Waals surface area contributed by atoms with Crippen molar-refractivity contribution in [3.8, 4) is 5.75 Å². The maximum absolute atomic E-state index is 13.6. The molecule has 8 nitrogen and oxygen atoms in total. The molecule has 3 aromatic carbocycles. The van der Waals surface area contributed by atoms with Crippen molar-refractivity contribution in [3.05, 3.63) is 101 Å². The largest absolute Gasteiger partial charge is 0.497 e. The summed E-state index contributed by atoms with van der Waals surface area (Å²) in [6.45, 7) is 8.44. The number of methoxy groups -OCH3 is 1. The molecule has 0 saturated carbocycles. The van der Waals surface area contributed by atoms with Crippen molar-refractivity contribution in [2.24, 2.45) is 0 Å². The molecule has 230 valence electrons. The Bertz CT molecular complexity index is 1370. The van der Waals surface area contributed by atoms with Crippen LogP contribution in [0, 0.1) is 0 Å². The van der Waals surface area contributed by atoms with E-state index >= 15 is 0 Å². The summed E-state index contributed by atoms with van der Waals surface area (Å²) in [6, 6.07) is 22.2. The summed E-state index contributed by atoms with van der Waals surface area (Å²) in [4.78, 5) is 28.7. The number of benzene rings is 3. The zero-order valence-electron chi connectivity index (χ0n) is 25.8. The summed E-state index contributed by atoms with van der Waals surface area (Å²) in [5.41, 5.74) is 3.51. The molecule has 3 aromatic rings. The van der Waals surface area contributed by atoms with Crippen molar-refractivity contribution in [3.63, 3.8) is 0 Å². The molecule has 3 N–H and O–H groups in total. The lowest BCUT2D eigenvalue weighted by molar-refractivity contribution is 0.0646. The molecule has 1 aliphatic rings. The molecule has 0 unspecified atom stereocenters. The fourth-order valence-electron chi connectivity index (χ4n) is 5.34. The minimum absolute atomic E-state index is 0.128. The number of ether oxygens (including phenoxy) is 2. The smallest absolute Gasteiger partial charge is 0.253 e. The van der Waals surface area contributed by atoms with E-state index < -0.39 is 17.7 Å². The number of aliphatic hydroxyl groups is 1. The van der Waals surface area contributed by atoms with Gasteiger partial charge in [-0.2, -0.15) is 0 Å². The number of aliphatic hydroxyl groups excluding tert-OH is 1. The third-order valence-corrected chi connectivity index (χ3v) is 7.97. The number of carbonyl (C=O) groups excluding carboxylic acids is 2. The summed E-state index contributed by atoms with van der Waals surface area (Å²) in [7, 11) is 1.64. The number of hydrogen-bond acceptors (Lipinski definition) is 6. The highest BCUT2D eigenvalue weighted by Gasteiger charge is 2.27. The lowest BCUT2D eigenvalue weighted by Crippen LogP contribution is -2.51. The molecule has 4 rings (SSSR count). The van der Waals surface area contributed by atoms with E-state index in [2.05, 4.69) is 22.8 Å². The van der Waals surface area contributed by atoms with Crippen LogP contribution in [0.3, 0.4) is 0 Å². The van der Waals surface area contributed by atoms with Crippen LogP contribution in [0.25, 0.3) is 0 Å². The van der Waals surface area contributed by atoms with Crippen molar-refractivity contribution in [1.29, 1.82) is 0 Å². The summed E-state index contributed by atoms with van der Waals surface area (Å²) < 4.78 is 11.3. The molecule has 4 bridgehead atoms. The standard InChI is InChI=1S/C35H45N3O5/c1-5-16-38-17-19-43-18-15-25-9-6-10-26(20-25)21-31(37-33(40)27-11-7-12-28(22-27)34(38)41)32(39)24-36-35(2,3)29-13-8-14-30(23-29)42-4/h6-14,20,22-23,31-32,36,39H,5,15-19,21,24H2,1-4H3,(H,37,40)/t31-,32+/m0/s1. The first-order valence-electron chi connectivity index (χ1n) is 15.1. The number of hydrogen-bond donors (Lipinski definition) is 3. The summed E-state index contributed by atoms with van der Waals surface area (Å²) >= 11 is 0. The van der Waals surface area contributed by atoms with Gasteiger partial charge >= 0.3 is 0 Å². The Hall–Kier alpha value is -3.72. The monoisotopic (exact) mass is 587 g/mol. The van der Waals surface area contributed by atoms with Crippen molar-refractivity contribution in [2.75, 3.05) is 40.0 Å². The van der Waals surface area contributed by atoms with E-state index in [-0.39, 0.29) is 18.4 Å². The molecular weight excluding hydrogens is 542 g/mol. The lowest BCUT2D eigenvalue weighted by Gasteiger charge is -2.31. The number of amides is 2. The van der Waals surface area contributed by atoms with Gasteiger partial charge in [-0.25, -0.2) is 0 Å².